The summed E-state index contributed by atoms with van der Waals surface area (Å²) in [6.45, 7) is 4.51. The second kappa shape index (κ2) is 6.37. The average Bonchev–Trinajstić information content (AvgIpc) is 1.97. The molecule has 0 aliphatic carbocycles. The van der Waals surface area contributed by atoms with Gasteiger partial charge in [0.25, 0.3) is 0 Å². The van der Waals surface area contributed by atoms with E-state index in [-0.39, 0.29) is 5.91 Å². The highest BCUT2D eigenvalue weighted by molar-refractivity contribution is 9.11. The highest BCUT2D eigenvalue weighted by Gasteiger charge is 1.98. The molecule has 0 fully saturated rings. The number of rotatable bonds is 5. The summed E-state index contributed by atoms with van der Waals surface area (Å²) in [5, 5.41) is 2.65. The van der Waals surface area contributed by atoms with Crippen LogP contribution in [0.2, 0.25) is 0 Å². The van der Waals surface area contributed by atoms with Gasteiger partial charge in [-0.2, -0.15) is 0 Å². The van der Waals surface area contributed by atoms with Gasteiger partial charge in [-0.25, -0.2) is 0 Å². The highest BCUT2D eigenvalue weighted by atomic mass is 79.9. The van der Waals surface area contributed by atoms with Gasteiger partial charge < -0.3 is 10.1 Å². The molecule has 3 nitrogen and oxygen atoms in total. The molecule has 0 spiro atoms. The molecule has 0 saturated heterocycles. The predicted octanol–water partition coefficient (Wildman–Crippen LogP) is 1.05. The average molecular weight is 222 g/mol. The molecule has 4 heteroatoms. The van der Waals surface area contributed by atoms with Gasteiger partial charge >= 0.3 is 0 Å². The molecule has 0 saturated carbocycles. The van der Waals surface area contributed by atoms with Gasteiger partial charge in [-0.15, -0.1) is 0 Å². The third-order valence-corrected chi connectivity index (χ3v) is 1.29. The molecule has 0 aliphatic rings. The lowest BCUT2D eigenvalue weighted by Crippen LogP contribution is -2.25. The first-order valence-corrected chi connectivity index (χ1v) is 4.05. The number of methoxy groups -OCH3 is 1. The van der Waals surface area contributed by atoms with E-state index in [1.165, 1.54) is 0 Å². The number of hydrogen-bond acceptors (Lipinski definition) is 2. The van der Waals surface area contributed by atoms with Crippen LogP contribution < -0.4 is 5.32 Å². The van der Waals surface area contributed by atoms with E-state index in [4.69, 9.17) is 4.74 Å². The summed E-state index contributed by atoms with van der Waals surface area (Å²) in [5.41, 5.74) is 0. The largest absolute Gasteiger partial charge is 0.384 e. The van der Waals surface area contributed by atoms with E-state index >= 15 is 0 Å². The SMILES string of the molecule is C=C(Br)CNC(=O)CCOC. The molecule has 0 aromatic carbocycles. The third kappa shape index (κ3) is 7.55. The van der Waals surface area contributed by atoms with E-state index in [1.807, 2.05) is 0 Å². The van der Waals surface area contributed by atoms with Gasteiger partial charge in [-0.3, -0.25) is 4.79 Å². The zero-order chi connectivity index (χ0) is 8.69. The Balaban J connectivity index is 3.30. The van der Waals surface area contributed by atoms with Crippen molar-refractivity contribution in [2.45, 2.75) is 6.42 Å². The predicted molar refractivity (Wildman–Crippen MR) is 47.6 cm³/mol. The highest BCUT2D eigenvalue weighted by Crippen LogP contribution is 1.96. The Morgan fingerprint density at radius 1 is 1.73 bits per heavy atom. The molecular formula is C7H12BrNO2. The maximum atomic E-state index is 10.9. The minimum absolute atomic E-state index is 0.0209. The Morgan fingerprint density at radius 2 is 2.36 bits per heavy atom. The summed E-state index contributed by atoms with van der Waals surface area (Å²) in [7, 11) is 1.57. The minimum atomic E-state index is -0.0209. The van der Waals surface area contributed by atoms with Gasteiger partial charge in [-0.1, -0.05) is 22.5 Å². The van der Waals surface area contributed by atoms with Crippen LogP contribution in [-0.4, -0.2) is 26.2 Å². The van der Waals surface area contributed by atoms with Gasteiger partial charge in [0.2, 0.25) is 5.91 Å². The monoisotopic (exact) mass is 221 g/mol. The smallest absolute Gasteiger partial charge is 0.222 e. The van der Waals surface area contributed by atoms with Crippen molar-refractivity contribution in [1.82, 2.24) is 5.32 Å². The maximum Gasteiger partial charge on any atom is 0.222 e. The van der Waals surface area contributed by atoms with E-state index in [2.05, 4.69) is 27.8 Å². The molecule has 0 atom stereocenters. The number of halogens is 1. The number of amides is 1. The Labute approximate surface area is 74.9 Å². The lowest BCUT2D eigenvalue weighted by molar-refractivity contribution is -0.121. The molecule has 0 bridgehead atoms. The fourth-order valence-corrected chi connectivity index (χ4v) is 0.618. The molecule has 0 unspecified atom stereocenters. The first-order chi connectivity index (χ1) is 5.16. The number of carbonyl (C=O) groups excluding carboxylic acids is 1. The molecule has 0 aliphatic heterocycles. The Hall–Kier alpha value is -0.350. The minimum Gasteiger partial charge on any atom is -0.384 e. The first-order valence-electron chi connectivity index (χ1n) is 3.25. The van der Waals surface area contributed by atoms with Crippen LogP contribution in [0, 0.1) is 0 Å². The molecule has 1 N–H and O–H groups in total. The van der Waals surface area contributed by atoms with Crippen molar-refractivity contribution in [3.05, 3.63) is 11.1 Å². The number of carbonyl (C=O) groups is 1. The number of hydrogen-bond donors (Lipinski definition) is 1. The van der Waals surface area contributed by atoms with Crippen LogP contribution in [0.25, 0.3) is 0 Å². The van der Waals surface area contributed by atoms with Crippen molar-refractivity contribution in [2.24, 2.45) is 0 Å². The van der Waals surface area contributed by atoms with E-state index < -0.39 is 0 Å². The summed E-state index contributed by atoms with van der Waals surface area (Å²) in [5.74, 6) is -0.0209. The van der Waals surface area contributed by atoms with Gasteiger partial charge in [0.1, 0.15) is 0 Å². The van der Waals surface area contributed by atoms with Crippen LogP contribution in [0.4, 0.5) is 0 Å². The van der Waals surface area contributed by atoms with Crippen LogP contribution in [0.15, 0.2) is 11.1 Å². The Morgan fingerprint density at radius 3 is 2.82 bits per heavy atom. The normalized spacial score (nSPS) is 9.27. The van der Waals surface area contributed by atoms with Crippen molar-refractivity contribution < 1.29 is 9.53 Å². The van der Waals surface area contributed by atoms with Crippen molar-refractivity contribution in [3.8, 4) is 0 Å². The fraction of sp³-hybridized carbons (Fsp3) is 0.571. The second-order valence-electron chi connectivity index (χ2n) is 2.04. The summed E-state index contributed by atoms with van der Waals surface area (Å²) >= 11 is 3.13. The zero-order valence-corrected chi connectivity index (χ0v) is 8.11. The first kappa shape index (κ1) is 10.7. The van der Waals surface area contributed by atoms with Gasteiger partial charge in [0, 0.05) is 24.6 Å². The molecular weight excluding hydrogens is 210 g/mol. The summed E-state index contributed by atoms with van der Waals surface area (Å²) in [6.07, 6.45) is 0.400. The topological polar surface area (TPSA) is 38.3 Å². The maximum absolute atomic E-state index is 10.9. The molecule has 0 heterocycles. The number of nitrogens with one attached hydrogen (secondary N) is 1. The van der Waals surface area contributed by atoms with Crippen molar-refractivity contribution >= 4 is 21.8 Å². The van der Waals surface area contributed by atoms with E-state index in [0.29, 0.717) is 19.6 Å². The molecule has 1 amide bonds. The Kier molecular flexibility index (Phi) is 6.16. The quantitative estimate of drug-likeness (QED) is 0.754. The lowest BCUT2D eigenvalue weighted by Gasteiger charge is -2.02. The van der Waals surface area contributed by atoms with E-state index in [1.54, 1.807) is 7.11 Å². The molecule has 0 radical (unpaired) electrons. The van der Waals surface area contributed by atoms with E-state index in [9.17, 15) is 4.79 Å². The third-order valence-electron chi connectivity index (χ3n) is 1.01. The number of ether oxygens (including phenoxy) is 1. The second-order valence-corrected chi connectivity index (χ2v) is 3.16. The van der Waals surface area contributed by atoms with Gasteiger partial charge in [-0.05, 0) is 0 Å². The molecule has 11 heavy (non-hydrogen) atoms. The van der Waals surface area contributed by atoms with Crippen molar-refractivity contribution in [1.29, 1.82) is 0 Å². The van der Waals surface area contributed by atoms with Crippen molar-refractivity contribution in [2.75, 3.05) is 20.3 Å². The van der Waals surface area contributed by atoms with Crippen LogP contribution in [0.1, 0.15) is 6.42 Å². The van der Waals surface area contributed by atoms with Crippen LogP contribution in [-0.2, 0) is 9.53 Å². The Bertz CT molecular complexity index is 147. The summed E-state index contributed by atoms with van der Waals surface area (Å²) in [4.78, 5) is 10.9. The van der Waals surface area contributed by atoms with E-state index in [0.717, 1.165) is 4.48 Å². The summed E-state index contributed by atoms with van der Waals surface area (Å²) < 4.78 is 5.49. The van der Waals surface area contributed by atoms with Crippen LogP contribution in [0.5, 0.6) is 0 Å². The van der Waals surface area contributed by atoms with Gasteiger partial charge in [0.05, 0.1) is 6.61 Å². The molecule has 64 valence electrons. The standard InChI is InChI=1S/C7H12BrNO2/c1-6(8)5-9-7(10)3-4-11-2/h1,3-5H2,2H3,(H,9,10). The lowest BCUT2D eigenvalue weighted by atomic mass is 10.4. The summed E-state index contributed by atoms with van der Waals surface area (Å²) in [6, 6.07) is 0. The van der Waals surface area contributed by atoms with Crippen LogP contribution in [0.3, 0.4) is 0 Å². The molecule has 0 rings (SSSR count). The van der Waals surface area contributed by atoms with Crippen molar-refractivity contribution in [3.63, 3.8) is 0 Å². The zero-order valence-electron chi connectivity index (χ0n) is 6.52. The fourth-order valence-electron chi connectivity index (χ4n) is 0.478. The molecule has 0 aromatic rings. The van der Waals surface area contributed by atoms with Gasteiger partial charge in [0.15, 0.2) is 0 Å². The molecule has 0 aromatic heterocycles. The van der Waals surface area contributed by atoms with Crippen LogP contribution >= 0.6 is 15.9 Å².